The van der Waals surface area contributed by atoms with Crippen molar-refractivity contribution < 1.29 is 23.8 Å². The van der Waals surface area contributed by atoms with Gasteiger partial charge in [0.25, 0.3) is 0 Å². The third-order valence-electron chi connectivity index (χ3n) is 1.74. The molecule has 0 atom stereocenters. The lowest BCUT2D eigenvalue weighted by Gasteiger charge is -2.07. The smallest absolute Gasteiger partial charge is 0.335 e. The highest BCUT2D eigenvalue weighted by Crippen LogP contribution is 2.22. The van der Waals surface area contributed by atoms with E-state index in [0.717, 1.165) is 12.1 Å². The zero-order chi connectivity index (χ0) is 11.4. The lowest BCUT2D eigenvalue weighted by Crippen LogP contribution is -2.03. The van der Waals surface area contributed by atoms with Crippen LogP contribution in [0, 0.1) is 5.82 Å². The molecule has 0 aliphatic heterocycles. The fourth-order valence-electron chi connectivity index (χ4n) is 1.09. The lowest BCUT2D eigenvalue weighted by atomic mass is 10.1. The Balaban J connectivity index is 3.31. The first-order chi connectivity index (χ1) is 7.10. The van der Waals surface area contributed by atoms with Gasteiger partial charge >= 0.3 is 5.97 Å². The molecule has 0 aromatic heterocycles. The molecule has 1 N–H and O–H groups in total. The molecular weight excluding hydrogens is 203 g/mol. The molecule has 0 bridgehead atoms. The number of ether oxygens (including phenoxy) is 1. The van der Waals surface area contributed by atoms with Crippen molar-refractivity contribution in [3.8, 4) is 5.75 Å². The van der Waals surface area contributed by atoms with Crippen LogP contribution in [-0.2, 0) is 0 Å². The van der Waals surface area contributed by atoms with Gasteiger partial charge in [-0.2, -0.15) is 0 Å². The van der Waals surface area contributed by atoms with E-state index < -0.39 is 11.8 Å². The topological polar surface area (TPSA) is 63.6 Å². The summed E-state index contributed by atoms with van der Waals surface area (Å²) in [6.07, 6.45) is 0.254. The van der Waals surface area contributed by atoms with Gasteiger partial charge < -0.3 is 9.84 Å². The van der Waals surface area contributed by atoms with Gasteiger partial charge in [0.1, 0.15) is 0 Å². The number of carboxylic acids is 1. The number of carbonyl (C=O) groups excluding carboxylic acids is 1. The van der Waals surface area contributed by atoms with Gasteiger partial charge in [0, 0.05) is 0 Å². The van der Waals surface area contributed by atoms with E-state index in [9.17, 15) is 14.0 Å². The molecule has 0 spiro atoms. The number of aromatic carboxylic acids is 1. The third-order valence-corrected chi connectivity index (χ3v) is 1.74. The summed E-state index contributed by atoms with van der Waals surface area (Å²) >= 11 is 0. The molecule has 0 saturated heterocycles. The summed E-state index contributed by atoms with van der Waals surface area (Å²) in [7, 11) is 0. The van der Waals surface area contributed by atoms with Gasteiger partial charge in [0.15, 0.2) is 17.9 Å². The maximum absolute atomic E-state index is 13.4. The molecule has 0 fully saturated rings. The normalized spacial score (nSPS) is 9.73. The summed E-state index contributed by atoms with van der Waals surface area (Å²) in [5.41, 5.74) is -0.500. The first kappa shape index (κ1) is 11.2. The summed E-state index contributed by atoms with van der Waals surface area (Å²) < 4.78 is 18.2. The Bertz CT molecular complexity index is 401. The van der Waals surface area contributed by atoms with Crippen LogP contribution in [0.2, 0.25) is 0 Å². The zero-order valence-corrected chi connectivity index (χ0v) is 7.99. The minimum absolute atomic E-state index is 0.179. The zero-order valence-electron chi connectivity index (χ0n) is 7.99. The Kier molecular flexibility index (Phi) is 3.38. The van der Waals surface area contributed by atoms with E-state index in [2.05, 4.69) is 0 Å². The molecule has 0 aliphatic rings. The van der Waals surface area contributed by atoms with Crippen LogP contribution in [0.15, 0.2) is 12.1 Å². The minimum Gasteiger partial charge on any atom is -0.491 e. The van der Waals surface area contributed by atoms with Gasteiger partial charge in [-0.05, 0) is 19.1 Å². The average Bonchev–Trinajstić information content (AvgIpc) is 2.21. The standard InChI is InChI=1S/C10H9FO4/c1-2-15-8-4-6(10(13)14)3-7(5-12)9(8)11/h3-5H,2H2,1H3,(H,13,14). The molecule has 0 amide bonds. The van der Waals surface area contributed by atoms with Crippen molar-refractivity contribution in [2.45, 2.75) is 6.92 Å². The SMILES string of the molecule is CCOc1cc(C(=O)O)cc(C=O)c1F. The number of carboxylic acid groups (broad SMARTS) is 1. The van der Waals surface area contributed by atoms with E-state index in [1.165, 1.54) is 0 Å². The molecule has 0 saturated carbocycles. The number of benzene rings is 1. The van der Waals surface area contributed by atoms with Crippen LogP contribution in [0.3, 0.4) is 0 Å². The maximum atomic E-state index is 13.4. The largest absolute Gasteiger partial charge is 0.491 e. The predicted octanol–water partition coefficient (Wildman–Crippen LogP) is 1.74. The maximum Gasteiger partial charge on any atom is 0.335 e. The van der Waals surface area contributed by atoms with Crippen LogP contribution < -0.4 is 4.74 Å². The van der Waals surface area contributed by atoms with Crippen molar-refractivity contribution in [3.05, 3.63) is 29.1 Å². The Morgan fingerprint density at radius 3 is 2.73 bits per heavy atom. The molecule has 0 heterocycles. The molecule has 15 heavy (non-hydrogen) atoms. The number of halogens is 1. The fraction of sp³-hybridized carbons (Fsp3) is 0.200. The van der Waals surface area contributed by atoms with Crippen LogP contribution in [0.25, 0.3) is 0 Å². The van der Waals surface area contributed by atoms with E-state index in [1.807, 2.05) is 0 Å². The molecule has 1 aromatic carbocycles. The molecule has 1 rings (SSSR count). The molecule has 80 valence electrons. The molecule has 4 nitrogen and oxygen atoms in total. The van der Waals surface area contributed by atoms with Crippen LogP contribution in [-0.4, -0.2) is 24.0 Å². The van der Waals surface area contributed by atoms with E-state index >= 15 is 0 Å². The Morgan fingerprint density at radius 2 is 2.27 bits per heavy atom. The minimum atomic E-state index is -1.24. The van der Waals surface area contributed by atoms with E-state index in [1.54, 1.807) is 6.92 Å². The first-order valence-electron chi connectivity index (χ1n) is 4.25. The van der Waals surface area contributed by atoms with Crippen LogP contribution in [0.5, 0.6) is 5.75 Å². The van der Waals surface area contributed by atoms with Gasteiger partial charge in [-0.15, -0.1) is 0 Å². The van der Waals surface area contributed by atoms with Crippen molar-refractivity contribution in [3.63, 3.8) is 0 Å². The van der Waals surface area contributed by atoms with Crippen molar-refractivity contribution >= 4 is 12.3 Å². The van der Waals surface area contributed by atoms with Crippen LogP contribution in [0.1, 0.15) is 27.6 Å². The molecule has 0 radical (unpaired) electrons. The highest BCUT2D eigenvalue weighted by molar-refractivity contribution is 5.91. The number of rotatable bonds is 4. The van der Waals surface area contributed by atoms with Gasteiger partial charge in [-0.3, -0.25) is 4.79 Å². The first-order valence-corrected chi connectivity index (χ1v) is 4.25. The highest BCUT2D eigenvalue weighted by atomic mass is 19.1. The van der Waals surface area contributed by atoms with Gasteiger partial charge in [0.2, 0.25) is 0 Å². The predicted molar refractivity (Wildman–Crippen MR) is 49.9 cm³/mol. The second-order valence-corrected chi connectivity index (χ2v) is 2.73. The van der Waals surface area contributed by atoms with Gasteiger partial charge in [0.05, 0.1) is 17.7 Å². The number of hydrogen-bond acceptors (Lipinski definition) is 3. The lowest BCUT2D eigenvalue weighted by molar-refractivity contribution is 0.0696. The second-order valence-electron chi connectivity index (χ2n) is 2.73. The summed E-state index contributed by atoms with van der Waals surface area (Å²) in [4.78, 5) is 21.1. The van der Waals surface area contributed by atoms with Crippen molar-refractivity contribution in [1.82, 2.24) is 0 Å². The monoisotopic (exact) mass is 212 g/mol. The summed E-state index contributed by atoms with van der Waals surface area (Å²) in [6, 6.07) is 2.02. The molecule has 5 heteroatoms. The van der Waals surface area contributed by atoms with Crippen molar-refractivity contribution in [1.29, 1.82) is 0 Å². The molecule has 0 aliphatic carbocycles. The fourth-order valence-corrected chi connectivity index (χ4v) is 1.09. The molecule has 0 unspecified atom stereocenters. The molecule has 1 aromatic rings. The van der Waals surface area contributed by atoms with Gasteiger partial charge in [-0.1, -0.05) is 0 Å². The van der Waals surface area contributed by atoms with E-state index in [-0.39, 0.29) is 29.8 Å². The van der Waals surface area contributed by atoms with Crippen molar-refractivity contribution in [2.24, 2.45) is 0 Å². The molecular formula is C10H9FO4. The highest BCUT2D eigenvalue weighted by Gasteiger charge is 2.14. The third kappa shape index (κ3) is 2.31. The number of carbonyl (C=O) groups is 2. The Hall–Kier alpha value is -1.91. The number of hydrogen-bond donors (Lipinski definition) is 1. The van der Waals surface area contributed by atoms with Crippen LogP contribution >= 0.6 is 0 Å². The van der Waals surface area contributed by atoms with Gasteiger partial charge in [-0.25, -0.2) is 9.18 Å². The van der Waals surface area contributed by atoms with Crippen LogP contribution in [0.4, 0.5) is 4.39 Å². The van der Waals surface area contributed by atoms with E-state index in [4.69, 9.17) is 9.84 Å². The Labute approximate surface area is 85.3 Å². The quantitative estimate of drug-likeness (QED) is 0.772. The number of aldehydes is 1. The summed E-state index contributed by atoms with van der Waals surface area (Å²) in [6.45, 7) is 1.83. The average molecular weight is 212 g/mol. The van der Waals surface area contributed by atoms with E-state index in [0.29, 0.717) is 0 Å². The Morgan fingerprint density at radius 1 is 1.60 bits per heavy atom. The summed E-state index contributed by atoms with van der Waals surface area (Å²) in [5, 5.41) is 8.69. The summed E-state index contributed by atoms with van der Waals surface area (Å²) in [5.74, 6) is -2.30. The van der Waals surface area contributed by atoms with Crippen molar-refractivity contribution in [2.75, 3.05) is 6.61 Å². The second kappa shape index (κ2) is 4.54.